The Morgan fingerprint density at radius 1 is 1.24 bits per heavy atom. The van der Waals surface area contributed by atoms with Gasteiger partial charge in [0.1, 0.15) is 5.03 Å². The number of hydrogen-bond donors (Lipinski definition) is 3. The molecule has 0 saturated heterocycles. The molecule has 0 unspecified atom stereocenters. The van der Waals surface area contributed by atoms with Crippen LogP contribution in [0.25, 0.3) is 5.69 Å². The summed E-state index contributed by atoms with van der Waals surface area (Å²) >= 11 is 4.66. The Morgan fingerprint density at radius 2 is 1.95 bits per heavy atom. The summed E-state index contributed by atoms with van der Waals surface area (Å²) in [5.74, 6) is 0.792. The molecule has 0 saturated carbocycles. The third-order valence-electron chi connectivity index (χ3n) is 3.55. The third-order valence-corrected chi connectivity index (χ3v) is 3.99. The summed E-state index contributed by atoms with van der Waals surface area (Å²) in [6.07, 6.45) is 1.80. The summed E-state index contributed by atoms with van der Waals surface area (Å²) in [4.78, 5) is 0. The topological polar surface area (TPSA) is 57.5 Å². The average molecular weight is 302 g/mol. The zero-order valence-corrected chi connectivity index (χ0v) is 13.1. The van der Waals surface area contributed by atoms with Crippen molar-refractivity contribution >= 4 is 18.5 Å². The van der Waals surface area contributed by atoms with Crippen molar-refractivity contribution < 1.29 is 0 Å². The summed E-state index contributed by atoms with van der Waals surface area (Å²) in [5, 5.41) is 11.4. The van der Waals surface area contributed by atoms with Gasteiger partial charge in [-0.2, -0.15) is 5.10 Å². The number of aromatic nitrogens is 2. The number of para-hydroxylation sites is 1. The van der Waals surface area contributed by atoms with Gasteiger partial charge in [-0.1, -0.05) is 18.2 Å². The Labute approximate surface area is 129 Å². The van der Waals surface area contributed by atoms with Crippen LogP contribution in [0, 0.1) is 13.8 Å². The highest BCUT2D eigenvalue weighted by Crippen LogP contribution is 2.25. The fraction of sp³-hybridized carbons (Fsp3) is 0.286. The molecule has 1 aliphatic heterocycles. The number of benzene rings is 1. The molecule has 2 heterocycles. The zero-order chi connectivity index (χ0) is 15.0. The van der Waals surface area contributed by atoms with Gasteiger partial charge in [0.15, 0.2) is 5.84 Å². The summed E-state index contributed by atoms with van der Waals surface area (Å²) in [6.45, 7) is 6.98. The van der Waals surface area contributed by atoms with Crippen molar-refractivity contribution in [2.45, 2.75) is 25.8 Å². The maximum absolute atomic E-state index is 4.66. The van der Waals surface area contributed by atoms with Crippen molar-refractivity contribution in [3.05, 3.63) is 41.1 Å². The van der Waals surface area contributed by atoms with Crippen molar-refractivity contribution in [1.29, 1.82) is 0 Å². The van der Waals surface area contributed by atoms with Gasteiger partial charge in [0.25, 0.3) is 0 Å². The van der Waals surface area contributed by atoms with Crippen LogP contribution in [0.1, 0.15) is 23.6 Å². The van der Waals surface area contributed by atoms with Crippen molar-refractivity contribution in [3.63, 3.8) is 0 Å². The van der Waals surface area contributed by atoms with Gasteiger partial charge in [-0.15, -0.1) is 23.3 Å². The molecule has 0 aliphatic carbocycles. The monoisotopic (exact) mass is 302 g/mol. The number of nitrogens with one attached hydrogen (secondary N) is 2. The maximum atomic E-state index is 4.66. The van der Waals surface area contributed by atoms with Gasteiger partial charge in [0.05, 0.1) is 17.4 Å². The number of rotatable bonds is 3. The quantitative estimate of drug-likeness (QED) is 0.757. The molecule has 6 nitrogen and oxygen atoms in total. The van der Waals surface area contributed by atoms with Gasteiger partial charge in [-0.25, -0.2) is 10.2 Å². The smallest absolute Gasteiger partial charge is 0.177 e. The van der Waals surface area contributed by atoms with Gasteiger partial charge in [0.2, 0.25) is 0 Å². The Morgan fingerprint density at radius 3 is 2.62 bits per heavy atom. The Bertz CT molecular complexity index is 685. The SMILES string of the molecule is CCN1NNN=C1c1cnn(-c2c(C)cccc2C)c1S. The lowest BCUT2D eigenvalue weighted by molar-refractivity contribution is 0.308. The molecular formula is C14H18N6S. The Balaban J connectivity index is 2.08. The second-order valence-corrected chi connectivity index (χ2v) is 5.36. The first-order valence-corrected chi connectivity index (χ1v) is 7.28. The molecule has 0 radical (unpaired) electrons. The molecule has 0 atom stereocenters. The van der Waals surface area contributed by atoms with E-state index in [2.05, 4.69) is 59.9 Å². The van der Waals surface area contributed by atoms with Crippen LogP contribution in [0.2, 0.25) is 0 Å². The zero-order valence-electron chi connectivity index (χ0n) is 12.3. The molecule has 110 valence electrons. The summed E-state index contributed by atoms with van der Waals surface area (Å²) in [6, 6.07) is 6.20. The van der Waals surface area contributed by atoms with Gasteiger partial charge in [0, 0.05) is 6.54 Å². The fourth-order valence-corrected chi connectivity index (χ4v) is 2.80. The lowest BCUT2D eigenvalue weighted by Gasteiger charge is -2.16. The van der Waals surface area contributed by atoms with Crippen LogP contribution < -0.4 is 11.1 Å². The molecule has 21 heavy (non-hydrogen) atoms. The minimum Gasteiger partial charge on any atom is -0.271 e. The maximum Gasteiger partial charge on any atom is 0.177 e. The van der Waals surface area contributed by atoms with E-state index in [4.69, 9.17) is 0 Å². The van der Waals surface area contributed by atoms with Crippen LogP contribution in [-0.2, 0) is 0 Å². The van der Waals surface area contributed by atoms with Crippen LogP contribution in [0.4, 0.5) is 0 Å². The van der Waals surface area contributed by atoms with Crippen LogP contribution >= 0.6 is 12.6 Å². The number of hydrazone groups is 1. The summed E-state index contributed by atoms with van der Waals surface area (Å²) < 4.78 is 1.86. The minimum absolute atomic E-state index is 0.773. The second kappa shape index (κ2) is 5.42. The molecule has 0 fully saturated rings. The van der Waals surface area contributed by atoms with Crippen LogP contribution in [0.15, 0.2) is 34.5 Å². The van der Waals surface area contributed by atoms with E-state index >= 15 is 0 Å². The van der Waals surface area contributed by atoms with E-state index in [9.17, 15) is 0 Å². The van der Waals surface area contributed by atoms with E-state index in [1.807, 2.05) is 22.7 Å². The van der Waals surface area contributed by atoms with Gasteiger partial charge >= 0.3 is 0 Å². The van der Waals surface area contributed by atoms with Gasteiger partial charge in [-0.05, 0) is 31.9 Å². The van der Waals surface area contributed by atoms with Crippen molar-refractivity contribution in [2.75, 3.05) is 6.54 Å². The van der Waals surface area contributed by atoms with E-state index in [0.29, 0.717) is 0 Å². The molecule has 2 N–H and O–H groups in total. The minimum atomic E-state index is 0.773. The molecule has 1 aromatic carbocycles. The number of hydrazine groups is 2. The predicted molar refractivity (Wildman–Crippen MR) is 85.5 cm³/mol. The molecule has 2 aromatic rings. The van der Waals surface area contributed by atoms with E-state index in [1.165, 1.54) is 0 Å². The standard InChI is InChI=1S/C14H18N6S/c1-4-19-13(16-17-18-19)11-8-15-20(14(11)21)12-9(2)6-5-7-10(12)3/h5-8,17-18,21H,4H2,1-3H3. The molecule has 0 spiro atoms. The lowest BCUT2D eigenvalue weighted by Crippen LogP contribution is -2.40. The summed E-state index contributed by atoms with van der Waals surface area (Å²) in [7, 11) is 0. The van der Waals surface area contributed by atoms with Crippen LogP contribution in [0.5, 0.6) is 0 Å². The lowest BCUT2D eigenvalue weighted by atomic mass is 10.1. The van der Waals surface area contributed by atoms with Gasteiger partial charge in [-0.3, -0.25) is 5.01 Å². The Kier molecular flexibility index (Phi) is 3.60. The van der Waals surface area contributed by atoms with E-state index < -0.39 is 0 Å². The fourth-order valence-electron chi connectivity index (χ4n) is 2.49. The predicted octanol–water partition coefficient (Wildman–Crippen LogP) is 1.78. The highest BCUT2D eigenvalue weighted by atomic mass is 32.1. The molecule has 1 aliphatic rings. The molecule has 0 amide bonds. The first-order chi connectivity index (χ1) is 10.1. The van der Waals surface area contributed by atoms with Crippen molar-refractivity contribution in [1.82, 2.24) is 25.9 Å². The van der Waals surface area contributed by atoms with E-state index in [0.717, 1.165) is 39.8 Å². The first kappa shape index (κ1) is 14.0. The molecule has 1 aromatic heterocycles. The number of aryl methyl sites for hydroxylation is 2. The number of amidine groups is 1. The second-order valence-electron chi connectivity index (χ2n) is 4.94. The van der Waals surface area contributed by atoms with Crippen LogP contribution in [0.3, 0.4) is 0 Å². The number of nitrogens with zero attached hydrogens (tertiary/aromatic N) is 4. The summed E-state index contributed by atoms with van der Waals surface area (Å²) in [5.41, 5.74) is 10.0. The third kappa shape index (κ3) is 2.28. The van der Waals surface area contributed by atoms with Crippen LogP contribution in [-0.4, -0.2) is 27.2 Å². The molecular weight excluding hydrogens is 284 g/mol. The van der Waals surface area contributed by atoms with Crippen molar-refractivity contribution in [2.24, 2.45) is 5.10 Å². The normalized spacial score (nSPS) is 14.3. The molecule has 7 heteroatoms. The molecule has 0 bridgehead atoms. The van der Waals surface area contributed by atoms with Gasteiger partial charge < -0.3 is 0 Å². The van der Waals surface area contributed by atoms with Crippen molar-refractivity contribution in [3.8, 4) is 5.69 Å². The van der Waals surface area contributed by atoms with E-state index in [1.54, 1.807) is 6.20 Å². The highest BCUT2D eigenvalue weighted by Gasteiger charge is 2.23. The number of thiol groups is 1. The van der Waals surface area contributed by atoms with E-state index in [-0.39, 0.29) is 0 Å². The average Bonchev–Trinajstić information content (AvgIpc) is 3.06. The first-order valence-electron chi connectivity index (χ1n) is 6.83. The highest BCUT2D eigenvalue weighted by molar-refractivity contribution is 7.80. The largest absolute Gasteiger partial charge is 0.271 e. The molecule has 3 rings (SSSR count). The Hall–Kier alpha value is -1.99. The number of hydrogen-bond acceptors (Lipinski definition) is 6.